The monoisotopic (exact) mass is 160 g/mol. The molecule has 2 heteroatoms. The van der Waals surface area contributed by atoms with E-state index in [4.69, 9.17) is 10.2 Å². The van der Waals surface area contributed by atoms with Crippen molar-refractivity contribution in [3.05, 3.63) is 0 Å². The van der Waals surface area contributed by atoms with Crippen LogP contribution in [-0.2, 0) is 0 Å². The number of rotatable bonds is 5. The summed E-state index contributed by atoms with van der Waals surface area (Å²) in [5.41, 5.74) is 0.164. The summed E-state index contributed by atoms with van der Waals surface area (Å²) in [5.74, 6) is 0.344. The van der Waals surface area contributed by atoms with Crippen LogP contribution in [0.15, 0.2) is 0 Å². The predicted octanol–water partition coefficient (Wildman–Crippen LogP) is 1.41. The summed E-state index contributed by atoms with van der Waals surface area (Å²) in [6.07, 6.45) is 1.79. The fraction of sp³-hybridized carbons (Fsp3) is 1.00. The molecule has 0 amide bonds. The first-order valence-corrected chi connectivity index (χ1v) is 4.23. The highest BCUT2D eigenvalue weighted by Gasteiger charge is 2.19. The Hall–Kier alpha value is -0.0800. The van der Waals surface area contributed by atoms with Crippen LogP contribution >= 0.6 is 0 Å². The van der Waals surface area contributed by atoms with Gasteiger partial charge in [-0.25, -0.2) is 0 Å². The molecule has 0 saturated carbocycles. The van der Waals surface area contributed by atoms with Crippen LogP contribution in [0.5, 0.6) is 0 Å². The molecule has 0 fully saturated rings. The Morgan fingerprint density at radius 3 is 2.18 bits per heavy atom. The average Bonchev–Trinajstić information content (AvgIpc) is 1.86. The standard InChI is InChI=1S/C9H20O2/c1-8(7-11)6-9(2,3)4-5-10/h8,10-11H,4-7H2,1-3H3. The lowest BCUT2D eigenvalue weighted by atomic mass is 9.81. The molecule has 0 spiro atoms. The molecule has 1 unspecified atom stereocenters. The van der Waals surface area contributed by atoms with Crippen LogP contribution in [0.2, 0.25) is 0 Å². The Balaban J connectivity index is 3.70. The second kappa shape index (κ2) is 4.73. The number of aliphatic hydroxyl groups excluding tert-OH is 2. The lowest BCUT2D eigenvalue weighted by Crippen LogP contribution is -2.18. The van der Waals surface area contributed by atoms with Gasteiger partial charge >= 0.3 is 0 Å². The van der Waals surface area contributed by atoms with E-state index < -0.39 is 0 Å². The molecule has 0 rings (SSSR count). The van der Waals surface area contributed by atoms with Crippen molar-refractivity contribution in [2.45, 2.75) is 33.6 Å². The van der Waals surface area contributed by atoms with Gasteiger partial charge in [0, 0.05) is 13.2 Å². The minimum Gasteiger partial charge on any atom is -0.396 e. The van der Waals surface area contributed by atoms with E-state index >= 15 is 0 Å². The van der Waals surface area contributed by atoms with Gasteiger partial charge in [-0.1, -0.05) is 20.8 Å². The second-order valence-electron chi connectivity index (χ2n) is 4.13. The van der Waals surface area contributed by atoms with Crippen LogP contribution < -0.4 is 0 Å². The van der Waals surface area contributed by atoms with Gasteiger partial charge in [0.05, 0.1) is 0 Å². The molecule has 0 aliphatic carbocycles. The first-order valence-electron chi connectivity index (χ1n) is 4.23. The third kappa shape index (κ3) is 5.22. The van der Waals surface area contributed by atoms with Gasteiger partial charge in [-0.3, -0.25) is 0 Å². The first-order chi connectivity index (χ1) is 5.02. The molecule has 2 N–H and O–H groups in total. The zero-order chi connectivity index (χ0) is 8.91. The van der Waals surface area contributed by atoms with Crippen LogP contribution in [0.3, 0.4) is 0 Å². The Kier molecular flexibility index (Phi) is 4.69. The Morgan fingerprint density at radius 2 is 1.82 bits per heavy atom. The van der Waals surface area contributed by atoms with Crippen LogP contribution in [0.1, 0.15) is 33.6 Å². The van der Waals surface area contributed by atoms with E-state index in [0.29, 0.717) is 5.92 Å². The Morgan fingerprint density at radius 1 is 1.27 bits per heavy atom. The van der Waals surface area contributed by atoms with Gasteiger partial charge in [0.15, 0.2) is 0 Å². The average molecular weight is 160 g/mol. The van der Waals surface area contributed by atoms with E-state index in [0.717, 1.165) is 12.8 Å². The van der Waals surface area contributed by atoms with E-state index in [2.05, 4.69) is 13.8 Å². The smallest absolute Gasteiger partial charge is 0.0456 e. The predicted molar refractivity (Wildman–Crippen MR) is 46.4 cm³/mol. The third-order valence-electron chi connectivity index (χ3n) is 2.00. The van der Waals surface area contributed by atoms with Crippen molar-refractivity contribution in [2.75, 3.05) is 13.2 Å². The molecule has 0 aromatic heterocycles. The fourth-order valence-electron chi connectivity index (χ4n) is 1.41. The summed E-state index contributed by atoms with van der Waals surface area (Å²) < 4.78 is 0. The van der Waals surface area contributed by atoms with Gasteiger partial charge in [0.2, 0.25) is 0 Å². The molecule has 0 heterocycles. The summed E-state index contributed by atoms with van der Waals surface area (Å²) in [7, 11) is 0. The molecular formula is C9H20O2. The van der Waals surface area contributed by atoms with Crippen molar-refractivity contribution in [2.24, 2.45) is 11.3 Å². The summed E-state index contributed by atoms with van der Waals surface area (Å²) in [4.78, 5) is 0. The van der Waals surface area contributed by atoms with Crippen LogP contribution in [0.25, 0.3) is 0 Å². The molecule has 1 atom stereocenters. The van der Waals surface area contributed by atoms with Gasteiger partial charge in [-0.05, 0) is 24.2 Å². The quantitative estimate of drug-likeness (QED) is 0.638. The van der Waals surface area contributed by atoms with Gasteiger partial charge in [-0.15, -0.1) is 0 Å². The highest BCUT2D eigenvalue weighted by molar-refractivity contribution is 4.70. The number of hydrogen-bond acceptors (Lipinski definition) is 2. The molecule has 0 aliphatic rings. The lowest BCUT2D eigenvalue weighted by molar-refractivity contribution is 0.149. The molecule has 0 radical (unpaired) electrons. The van der Waals surface area contributed by atoms with Crippen molar-refractivity contribution in [3.8, 4) is 0 Å². The Labute approximate surface area is 69.2 Å². The van der Waals surface area contributed by atoms with Crippen molar-refractivity contribution < 1.29 is 10.2 Å². The highest BCUT2D eigenvalue weighted by atomic mass is 16.3. The van der Waals surface area contributed by atoms with Crippen LogP contribution in [0, 0.1) is 11.3 Å². The molecule has 0 bridgehead atoms. The zero-order valence-electron chi connectivity index (χ0n) is 7.80. The topological polar surface area (TPSA) is 40.5 Å². The number of hydrogen-bond donors (Lipinski definition) is 2. The highest BCUT2D eigenvalue weighted by Crippen LogP contribution is 2.28. The largest absolute Gasteiger partial charge is 0.396 e. The molecule has 68 valence electrons. The summed E-state index contributed by atoms with van der Waals surface area (Å²) in [5, 5.41) is 17.5. The molecule has 2 nitrogen and oxygen atoms in total. The maximum atomic E-state index is 8.80. The van der Waals surface area contributed by atoms with Gasteiger partial charge in [0.1, 0.15) is 0 Å². The minimum atomic E-state index is 0.164. The minimum absolute atomic E-state index is 0.164. The molecule has 11 heavy (non-hydrogen) atoms. The summed E-state index contributed by atoms with van der Waals surface area (Å²) in [6.45, 7) is 6.75. The normalized spacial score (nSPS) is 15.0. The molecular weight excluding hydrogens is 140 g/mol. The van der Waals surface area contributed by atoms with Crippen molar-refractivity contribution in [3.63, 3.8) is 0 Å². The SMILES string of the molecule is CC(CO)CC(C)(C)CCO. The van der Waals surface area contributed by atoms with Crippen molar-refractivity contribution in [1.82, 2.24) is 0 Å². The van der Waals surface area contributed by atoms with Crippen molar-refractivity contribution in [1.29, 1.82) is 0 Å². The maximum absolute atomic E-state index is 8.80. The third-order valence-corrected chi connectivity index (χ3v) is 2.00. The number of aliphatic hydroxyl groups is 2. The van der Waals surface area contributed by atoms with E-state index in [1.54, 1.807) is 0 Å². The van der Waals surface area contributed by atoms with Crippen LogP contribution in [0.4, 0.5) is 0 Å². The molecule has 0 aromatic carbocycles. The zero-order valence-corrected chi connectivity index (χ0v) is 7.80. The fourth-order valence-corrected chi connectivity index (χ4v) is 1.41. The van der Waals surface area contributed by atoms with E-state index in [-0.39, 0.29) is 18.6 Å². The molecule has 0 aromatic rings. The van der Waals surface area contributed by atoms with Gasteiger partial charge < -0.3 is 10.2 Å². The van der Waals surface area contributed by atoms with E-state index in [1.165, 1.54) is 0 Å². The Bertz CT molecular complexity index is 99.7. The second-order valence-corrected chi connectivity index (χ2v) is 4.13. The summed E-state index contributed by atoms with van der Waals surface area (Å²) >= 11 is 0. The molecule has 0 saturated heterocycles. The van der Waals surface area contributed by atoms with Crippen molar-refractivity contribution >= 4 is 0 Å². The summed E-state index contributed by atoms with van der Waals surface area (Å²) in [6, 6.07) is 0. The van der Waals surface area contributed by atoms with Gasteiger partial charge in [0.25, 0.3) is 0 Å². The lowest BCUT2D eigenvalue weighted by Gasteiger charge is -2.26. The first kappa shape index (κ1) is 10.9. The van der Waals surface area contributed by atoms with E-state index in [1.807, 2.05) is 6.92 Å². The van der Waals surface area contributed by atoms with E-state index in [9.17, 15) is 0 Å². The molecule has 0 aliphatic heterocycles. The van der Waals surface area contributed by atoms with Crippen LogP contribution in [-0.4, -0.2) is 23.4 Å². The van der Waals surface area contributed by atoms with Gasteiger partial charge in [-0.2, -0.15) is 0 Å². The maximum Gasteiger partial charge on any atom is 0.0456 e.